The number of hydrogen-bond acceptors (Lipinski definition) is 5. The molecule has 1 spiro atoms. The van der Waals surface area contributed by atoms with Gasteiger partial charge in [0, 0.05) is 37.9 Å². The molecule has 8 nitrogen and oxygen atoms in total. The molecule has 0 radical (unpaired) electrons. The number of carboxylic acids is 1. The van der Waals surface area contributed by atoms with Gasteiger partial charge < -0.3 is 15.7 Å². The third-order valence-corrected chi connectivity index (χ3v) is 4.79. The molecule has 5 N–H and O–H groups in total. The number of hydroxylamine groups is 1. The molecule has 2 aliphatic rings. The van der Waals surface area contributed by atoms with Gasteiger partial charge in [0.15, 0.2) is 0 Å². The van der Waals surface area contributed by atoms with Crippen LogP contribution in [0.15, 0.2) is 30.3 Å². The molecule has 2 heterocycles. The standard InChI is InChI=1S/C18H22N4O4/c19-17(20)13-3-1-12(2-4-13)14-11-18(26-21-14)7-9-22(10-8-18)15(23)5-6-16(24)25/h1-4,11,21H,5-10H2,(H3,19,20)(H,24,25). The van der Waals surface area contributed by atoms with Crippen LogP contribution in [0.3, 0.4) is 0 Å². The minimum absolute atomic E-state index is 0.0255. The van der Waals surface area contributed by atoms with Crippen molar-refractivity contribution in [3.63, 3.8) is 0 Å². The number of carbonyl (C=O) groups excluding carboxylic acids is 1. The second kappa shape index (κ2) is 7.17. The van der Waals surface area contributed by atoms with E-state index in [2.05, 4.69) is 5.48 Å². The zero-order valence-corrected chi connectivity index (χ0v) is 14.3. The average Bonchev–Trinajstić information content (AvgIpc) is 3.04. The number of carbonyl (C=O) groups is 2. The number of nitrogens with two attached hydrogens (primary N) is 1. The van der Waals surface area contributed by atoms with Gasteiger partial charge in [0.2, 0.25) is 5.91 Å². The average molecular weight is 358 g/mol. The zero-order valence-electron chi connectivity index (χ0n) is 14.3. The maximum Gasteiger partial charge on any atom is 0.303 e. The summed E-state index contributed by atoms with van der Waals surface area (Å²) in [6.07, 6.45) is 3.22. The van der Waals surface area contributed by atoms with Crippen molar-refractivity contribution in [1.82, 2.24) is 10.4 Å². The molecule has 1 amide bonds. The molecular formula is C18H22N4O4. The molecule has 1 saturated heterocycles. The van der Waals surface area contributed by atoms with Crippen molar-refractivity contribution < 1.29 is 19.5 Å². The van der Waals surface area contributed by atoms with E-state index < -0.39 is 11.6 Å². The van der Waals surface area contributed by atoms with E-state index in [1.54, 1.807) is 17.0 Å². The lowest BCUT2D eigenvalue weighted by Crippen LogP contribution is -2.46. The fraction of sp³-hybridized carbons (Fsp3) is 0.389. The van der Waals surface area contributed by atoms with Crippen LogP contribution >= 0.6 is 0 Å². The second-order valence-electron chi connectivity index (χ2n) is 6.59. The first-order chi connectivity index (χ1) is 12.4. The van der Waals surface area contributed by atoms with Gasteiger partial charge in [0.25, 0.3) is 0 Å². The zero-order chi connectivity index (χ0) is 18.7. The molecule has 138 valence electrons. The topological polar surface area (TPSA) is 129 Å². The number of nitrogen functional groups attached to an aromatic ring is 1. The predicted molar refractivity (Wildman–Crippen MR) is 95.1 cm³/mol. The maximum absolute atomic E-state index is 12.0. The van der Waals surface area contributed by atoms with Gasteiger partial charge in [0.1, 0.15) is 11.4 Å². The molecule has 0 aromatic heterocycles. The Morgan fingerprint density at radius 3 is 2.46 bits per heavy atom. The van der Waals surface area contributed by atoms with Gasteiger partial charge in [-0.05, 0) is 11.6 Å². The molecule has 1 fully saturated rings. The Labute approximate surface area is 151 Å². The van der Waals surface area contributed by atoms with E-state index in [1.165, 1.54) is 0 Å². The summed E-state index contributed by atoms with van der Waals surface area (Å²) in [6, 6.07) is 7.33. The van der Waals surface area contributed by atoms with Gasteiger partial charge in [-0.15, -0.1) is 0 Å². The van der Waals surface area contributed by atoms with E-state index in [0.717, 1.165) is 11.3 Å². The molecule has 3 rings (SSSR count). The van der Waals surface area contributed by atoms with Crippen LogP contribution in [0.1, 0.15) is 36.8 Å². The lowest BCUT2D eigenvalue weighted by molar-refractivity contribution is -0.143. The Kier molecular flexibility index (Phi) is 4.94. The van der Waals surface area contributed by atoms with E-state index in [4.69, 9.17) is 21.1 Å². The molecule has 1 aromatic carbocycles. The highest BCUT2D eigenvalue weighted by Crippen LogP contribution is 2.34. The first kappa shape index (κ1) is 17.9. The van der Waals surface area contributed by atoms with Crippen LogP contribution < -0.4 is 11.2 Å². The van der Waals surface area contributed by atoms with Crippen LogP contribution in [0, 0.1) is 5.41 Å². The monoisotopic (exact) mass is 358 g/mol. The number of hydrogen-bond donors (Lipinski definition) is 4. The Morgan fingerprint density at radius 2 is 1.88 bits per heavy atom. The number of likely N-dealkylation sites (tertiary alicyclic amines) is 1. The quantitative estimate of drug-likeness (QED) is 0.460. The van der Waals surface area contributed by atoms with E-state index in [0.29, 0.717) is 31.5 Å². The van der Waals surface area contributed by atoms with Crippen molar-refractivity contribution in [2.75, 3.05) is 13.1 Å². The Hall–Kier alpha value is -2.87. The van der Waals surface area contributed by atoms with Crippen LogP contribution in [-0.4, -0.2) is 46.4 Å². The minimum atomic E-state index is -0.960. The molecule has 0 aliphatic carbocycles. The van der Waals surface area contributed by atoms with Crippen LogP contribution in [0.25, 0.3) is 5.70 Å². The number of piperidine rings is 1. The number of nitrogens with one attached hydrogen (secondary N) is 2. The third-order valence-electron chi connectivity index (χ3n) is 4.79. The van der Waals surface area contributed by atoms with Crippen LogP contribution in [0.5, 0.6) is 0 Å². The summed E-state index contributed by atoms with van der Waals surface area (Å²) < 4.78 is 0. The summed E-state index contributed by atoms with van der Waals surface area (Å²) in [6.45, 7) is 1.07. The molecule has 0 unspecified atom stereocenters. The number of benzene rings is 1. The molecule has 1 aromatic rings. The number of carboxylic acid groups (broad SMARTS) is 1. The molecule has 0 atom stereocenters. The van der Waals surface area contributed by atoms with Crippen LogP contribution in [-0.2, 0) is 14.4 Å². The lowest BCUT2D eigenvalue weighted by Gasteiger charge is -2.36. The summed E-state index contributed by atoms with van der Waals surface area (Å²) in [5, 5.41) is 16.1. The highest BCUT2D eigenvalue weighted by molar-refractivity contribution is 5.95. The van der Waals surface area contributed by atoms with Crippen molar-refractivity contribution >= 4 is 23.4 Å². The molecule has 2 aliphatic heterocycles. The third kappa shape index (κ3) is 3.85. The minimum Gasteiger partial charge on any atom is -0.481 e. The molecular weight excluding hydrogens is 336 g/mol. The number of rotatable bonds is 5. The number of amidine groups is 1. The summed E-state index contributed by atoms with van der Waals surface area (Å²) in [4.78, 5) is 30.1. The van der Waals surface area contributed by atoms with Crippen molar-refractivity contribution in [3.8, 4) is 0 Å². The summed E-state index contributed by atoms with van der Waals surface area (Å²) in [5.74, 6) is -1.06. The fourth-order valence-electron chi connectivity index (χ4n) is 3.20. The Bertz CT molecular complexity index is 749. The van der Waals surface area contributed by atoms with Crippen molar-refractivity contribution in [2.45, 2.75) is 31.3 Å². The Morgan fingerprint density at radius 1 is 1.23 bits per heavy atom. The SMILES string of the molecule is N=C(N)c1ccc(C2=CC3(CCN(C(=O)CCC(=O)O)CC3)ON2)cc1. The highest BCUT2D eigenvalue weighted by atomic mass is 16.7. The van der Waals surface area contributed by atoms with Crippen molar-refractivity contribution in [3.05, 3.63) is 41.5 Å². The van der Waals surface area contributed by atoms with Gasteiger partial charge in [-0.1, -0.05) is 24.3 Å². The predicted octanol–water partition coefficient (Wildman–Crippen LogP) is 1.07. The first-order valence-corrected chi connectivity index (χ1v) is 8.50. The number of amides is 1. The van der Waals surface area contributed by atoms with Crippen LogP contribution in [0.2, 0.25) is 0 Å². The normalized spacial score (nSPS) is 18.3. The smallest absolute Gasteiger partial charge is 0.303 e. The van der Waals surface area contributed by atoms with E-state index in [9.17, 15) is 9.59 Å². The van der Waals surface area contributed by atoms with Crippen molar-refractivity contribution in [2.24, 2.45) is 5.73 Å². The van der Waals surface area contributed by atoms with Crippen molar-refractivity contribution in [1.29, 1.82) is 5.41 Å². The van der Waals surface area contributed by atoms with E-state index in [1.807, 2.05) is 18.2 Å². The maximum atomic E-state index is 12.0. The Balaban J connectivity index is 1.62. The largest absolute Gasteiger partial charge is 0.481 e. The summed E-state index contributed by atoms with van der Waals surface area (Å²) in [5.41, 5.74) is 10.4. The van der Waals surface area contributed by atoms with E-state index >= 15 is 0 Å². The van der Waals surface area contributed by atoms with Crippen LogP contribution in [0.4, 0.5) is 0 Å². The van der Waals surface area contributed by atoms with Gasteiger partial charge in [-0.25, -0.2) is 0 Å². The number of nitrogens with zero attached hydrogens (tertiary/aromatic N) is 1. The van der Waals surface area contributed by atoms with E-state index in [-0.39, 0.29) is 24.6 Å². The molecule has 26 heavy (non-hydrogen) atoms. The van der Waals surface area contributed by atoms with Gasteiger partial charge in [-0.3, -0.25) is 25.3 Å². The van der Waals surface area contributed by atoms with Gasteiger partial charge in [0.05, 0.1) is 12.1 Å². The first-order valence-electron chi connectivity index (χ1n) is 8.50. The fourth-order valence-corrected chi connectivity index (χ4v) is 3.20. The molecule has 8 heteroatoms. The highest BCUT2D eigenvalue weighted by Gasteiger charge is 2.39. The van der Waals surface area contributed by atoms with Gasteiger partial charge in [-0.2, -0.15) is 0 Å². The summed E-state index contributed by atoms with van der Waals surface area (Å²) >= 11 is 0. The lowest BCUT2D eigenvalue weighted by atomic mass is 9.90. The molecule has 0 saturated carbocycles. The molecule has 0 bridgehead atoms. The number of aliphatic carboxylic acids is 1. The van der Waals surface area contributed by atoms with Gasteiger partial charge >= 0.3 is 5.97 Å². The summed E-state index contributed by atoms with van der Waals surface area (Å²) in [7, 11) is 0. The second-order valence-corrected chi connectivity index (χ2v) is 6.59.